The molecule has 1 atom stereocenters. The van der Waals surface area contributed by atoms with Crippen molar-refractivity contribution in [3.8, 4) is 0 Å². The van der Waals surface area contributed by atoms with Crippen LogP contribution in [0.15, 0.2) is 30.9 Å². The highest BCUT2D eigenvalue weighted by Gasteiger charge is 2.12. The quantitative estimate of drug-likeness (QED) is 0.672. The van der Waals surface area contributed by atoms with Gasteiger partial charge in [0.15, 0.2) is 0 Å². The molecule has 0 radical (unpaired) electrons. The molecule has 0 aliphatic rings. The van der Waals surface area contributed by atoms with E-state index in [2.05, 4.69) is 25.6 Å². The normalized spacial score (nSPS) is 11.7. The molecule has 2 rings (SSSR count). The van der Waals surface area contributed by atoms with Crippen molar-refractivity contribution >= 4 is 17.7 Å². The van der Waals surface area contributed by atoms with Gasteiger partial charge in [-0.05, 0) is 13.0 Å². The number of anilines is 1. The summed E-state index contributed by atoms with van der Waals surface area (Å²) in [6.07, 6.45) is 5.82. The van der Waals surface area contributed by atoms with Gasteiger partial charge in [-0.3, -0.25) is 4.98 Å². The van der Waals surface area contributed by atoms with Crippen LogP contribution in [0.1, 0.15) is 29.1 Å². The Balaban J connectivity index is 1.98. The van der Waals surface area contributed by atoms with Crippen LogP contribution in [0, 0.1) is 0 Å². The Morgan fingerprint density at radius 1 is 1.40 bits per heavy atom. The molecular weight excluding hydrogens is 262 g/mol. The molecule has 2 amide bonds. The van der Waals surface area contributed by atoms with E-state index in [1.165, 1.54) is 18.5 Å². The summed E-state index contributed by atoms with van der Waals surface area (Å²) in [6.45, 7) is 1.77. The Morgan fingerprint density at radius 3 is 2.85 bits per heavy atom. The number of hydrogen-bond donors (Lipinski definition) is 4. The van der Waals surface area contributed by atoms with Crippen molar-refractivity contribution in [3.05, 3.63) is 42.2 Å². The highest BCUT2D eigenvalue weighted by molar-refractivity contribution is 5.92. The zero-order chi connectivity index (χ0) is 14.5. The summed E-state index contributed by atoms with van der Waals surface area (Å²) in [4.78, 5) is 33.2. The van der Waals surface area contributed by atoms with E-state index in [0.29, 0.717) is 11.5 Å². The third kappa shape index (κ3) is 3.31. The van der Waals surface area contributed by atoms with Gasteiger partial charge in [-0.15, -0.1) is 0 Å². The maximum Gasteiger partial charge on any atom is 0.337 e. The number of aromatic amines is 1. The second kappa shape index (κ2) is 5.83. The number of nitrogens with one attached hydrogen (secondary N) is 3. The maximum atomic E-state index is 11.8. The number of hydrogen-bond acceptors (Lipinski definition) is 4. The smallest absolute Gasteiger partial charge is 0.337 e. The summed E-state index contributed by atoms with van der Waals surface area (Å²) in [5.74, 6) is -0.483. The van der Waals surface area contributed by atoms with E-state index in [-0.39, 0.29) is 11.6 Å². The molecule has 1 unspecified atom stereocenters. The average Bonchev–Trinajstić information content (AvgIpc) is 2.92. The molecule has 0 bridgehead atoms. The van der Waals surface area contributed by atoms with Crippen LogP contribution in [-0.4, -0.2) is 32.1 Å². The fourth-order valence-electron chi connectivity index (χ4n) is 1.57. The number of aromatic carboxylic acids is 1. The molecule has 2 heterocycles. The molecule has 8 nitrogen and oxygen atoms in total. The molecule has 2 aromatic rings. The van der Waals surface area contributed by atoms with Gasteiger partial charge in [0.1, 0.15) is 5.82 Å². The molecular formula is C12H13N5O3. The fourth-order valence-corrected chi connectivity index (χ4v) is 1.57. The van der Waals surface area contributed by atoms with E-state index in [1.54, 1.807) is 19.3 Å². The third-order valence-corrected chi connectivity index (χ3v) is 2.52. The van der Waals surface area contributed by atoms with Crippen molar-refractivity contribution in [2.45, 2.75) is 13.0 Å². The minimum Gasteiger partial charge on any atom is -0.478 e. The first-order valence-corrected chi connectivity index (χ1v) is 5.81. The molecule has 20 heavy (non-hydrogen) atoms. The topological polar surface area (TPSA) is 120 Å². The van der Waals surface area contributed by atoms with Gasteiger partial charge in [0, 0.05) is 18.6 Å². The maximum absolute atomic E-state index is 11.8. The molecule has 0 spiro atoms. The van der Waals surface area contributed by atoms with Gasteiger partial charge in [-0.1, -0.05) is 0 Å². The van der Waals surface area contributed by atoms with Crippen LogP contribution in [0.2, 0.25) is 0 Å². The third-order valence-electron chi connectivity index (χ3n) is 2.52. The minimum absolute atomic E-state index is 0.00174. The monoisotopic (exact) mass is 275 g/mol. The van der Waals surface area contributed by atoms with Gasteiger partial charge in [0.25, 0.3) is 0 Å². The zero-order valence-electron chi connectivity index (χ0n) is 10.6. The number of nitrogens with zero attached hydrogens (tertiary/aromatic N) is 2. The van der Waals surface area contributed by atoms with Crippen molar-refractivity contribution in [3.63, 3.8) is 0 Å². The van der Waals surface area contributed by atoms with E-state index >= 15 is 0 Å². The van der Waals surface area contributed by atoms with Crippen LogP contribution in [0.4, 0.5) is 10.5 Å². The number of imidazole rings is 1. The molecule has 104 valence electrons. The van der Waals surface area contributed by atoms with Crippen molar-refractivity contribution < 1.29 is 14.7 Å². The number of pyridine rings is 1. The number of carboxylic acid groups (broad SMARTS) is 1. The predicted octanol–water partition coefficient (Wildman–Crippen LogP) is 1.39. The lowest BCUT2D eigenvalue weighted by Crippen LogP contribution is -2.31. The first-order chi connectivity index (χ1) is 9.56. The fraction of sp³-hybridized carbons (Fsp3) is 0.167. The average molecular weight is 275 g/mol. The van der Waals surface area contributed by atoms with Gasteiger partial charge in [-0.2, -0.15) is 0 Å². The minimum atomic E-state index is -1.11. The molecule has 0 aliphatic carbocycles. The summed E-state index contributed by atoms with van der Waals surface area (Å²) in [5.41, 5.74) is 0.302. The van der Waals surface area contributed by atoms with Gasteiger partial charge in [-0.25, -0.2) is 14.6 Å². The zero-order valence-corrected chi connectivity index (χ0v) is 10.6. The number of urea groups is 1. The van der Waals surface area contributed by atoms with E-state index < -0.39 is 12.0 Å². The molecule has 0 saturated heterocycles. The molecule has 2 aromatic heterocycles. The molecule has 0 aromatic carbocycles. The summed E-state index contributed by atoms with van der Waals surface area (Å²) in [5, 5.41) is 14.0. The number of carboxylic acids is 1. The Labute approximate surface area is 114 Å². The second-order valence-corrected chi connectivity index (χ2v) is 4.06. The van der Waals surface area contributed by atoms with Gasteiger partial charge in [0.05, 0.1) is 23.5 Å². The van der Waals surface area contributed by atoms with Crippen LogP contribution in [0.3, 0.4) is 0 Å². The Kier molecular flexibility index (Phi) is 3.94. The molecule has 8 heteroatoms. The Morgan fingerprint density at radius 2 is 2.20 bits per heavy atom. The van der Waals surface area contributed by atoms with Gasteiger partial charge in [0.2, 0.25) is 0 Å². The second-order valence-electron chi connectivity index (χ2n) is 4.06. The van der Waals surface area contributed by atoms with Crippen molar-refractivity contribution in [2.24, 2.45) is 0 Å². The number of carbonyl (C=O) groups is 2. The molecule has 0 saturated carbocycles. The molecule has 4 N–H and O–H groups in total. The summed E-state index contributed by atoms with van der Waals surface area (Å²) in [6, 6.07) is 0.547. The van der Waals surface area contributed by atoms with E-state index in [0.717, 1.165) is 0 Å². The standard InChI is InChI=1S/C12H13N5O3/c1-7(10-14-2-3-15-10)16-12(20)17-9-4-8(11(18)19)5-13-6-9/h2-7H,1H3,(H,14,15)(H,18,19)(H2,16,17,20). The largest absolute Gasteiger partial charge is 0.478 e. The van der Waals surface area contributed by atoms with Crippen LogP contribution in [0.25, 0.3) is 0 Å². The van der Waals surface area contributed by atoms with E-state index in [4.69, 9.17) is 5.11 Å². The number of H-pyrrole nitrogens is 1. The lowest BCUT2D eigenvalue weighted by Gasteiger charge is -2.12. The number of aromatic nitrogens is 3. The van der Waals surface area contributed by atoms with Gasteiger partial charge < -0.3 is 20.7 Å². The Hall–Kier alpha value is -2.90. The first-order valence-electron chi connectivity index (χ1n) is 5.81. The van der Waals surface area contributed by atoms with E-state index in [1.807, 2.05) is 0 Å². The van der Waals surface area contributed by atoms with Crippen LogP contribution in [-0.2, 0) is 0 Å². The highest BCUT2D eigenvalue weighted by Crippen LogP contribution is 2.10. The molecule has 0 fully saturated rings. The number of carbonyl (C=O) groups excluding carboxylic acids is 1. The van der Waals surface area contributed by atoms with Crippen molar-refractivity contribution in [1.29, 1.82) is 0 Å². The van der Waals surface area contributed by atoms with Crippen molar-refractivity contribution in [1.82, 2.24) is 20.3 Å². The van der Waals surface area contributed by atoms with Crippen LogP contribution >= 0.6 is 0 Å². The SMILES string of the molecule is CC(NC(=O)Nc1cncc(C(=O)O)c1)c1ncc[nH]1. The summed E-state index contributed by atoms with van der Waals surface area (Å²) >= 11 is 0. The van der Waals surface area contributed by atoms with Crippen molar-refractivity contribution in [2.75, 3.05) is 5.32 Å². The number of amides is 2. The Bertz CT molecular complexity index is 611. The molecule has 0 aliphatic heterocycles. The summed E-state index contributed by atoms with van der Waals surface area (Å²) < 4.78 is 0. The van der Waals surface area contributed by atoms with Crippen LogP contribution < -0.4 is 10.6 Å². The highest BCUT2D eigenvalue weighted by atomic mass is 16.4. The predicted molar refractivity (Wildman–Crippen MR) is 70.4 cm³/mol. The summed E-state index contributed by atoms with van der Waals surface area (Å²) in [7, 11) is 0. The van der Waals surface area contributed by atoms with E-state index in [9.17, 15) is 9.59 Å². The van der Waals surface area contributed by atoms with Crippen LogP contribution in [0.5, 0.6) is 0 Å². The number of rotatable bonds is 4. The lowest BCUT2D eigenvalue weighted by molar-refractivity contribution is 0.0696. The lowest BCUT2D eigenvalue weighted by atomic mass is 10.2. The first kappa shape index (κ1) is 13.5. The van der Waals surface area contributed by atoms with Gasteiger partial charge >= 0.3 is 12.0 Å².